The molecule has 1 fully saturated rings. The lowest BCUT2D eigenvalue weighted by molar-refractivity contribution is -0.118. The predicted molar refractivity (Wildman–Crippen MR) is 85.3 cm³/mol. The Kier molecular flexibility index (Phi) is 5.38. The van der Waals surface area contributed by atoms with Crippen LogP contribution in [0.3, 0.4) is 0 Å². The quantitative estimate of drug-likeness (QED) is 0.813. The number of nitrogens with zero attached hydrogens (tertiary/aromatic N) is 1. The van der Waals surface area contributed by atoms with Gasteiger partial charge >= 0.3 is 0 Å². The first-order valence-corrected chi connectivity index (χ1v) is 8.66. The molecule has 0 spiro atoms. The molecule has 0 aromatic carbocycles. The Labute approximate surface area is 132 Å². The fourth-order valence-corrected chi connectivity index (χ4v) is 4.19. The Bertz CT molecular complexity index is 492. The van der Waals surface area contributed by atoms with Crippen LogP contribution in [0.1, 0.15) is 54.3 Å². The first kappa shape index (κ1) is 15.7. The van der Waals surface area contributed by atoms with Gasteiger partial charge in [-0.3, -0.25) is 9.59 Å². The molecule has 2 rings (SSSR count). The van der Waals surface area contributed by atoms with Gasteiger partial charge in [-0.25, -0.2) is 0 Å². The third kappa shape index (κ3) is 3.70. The first-order chi connectivity index (χ1) is 9.49. The van der Waals surface area contributed by atoms with Crippen molar-refractivity contribution in [1.82, 2.24) is 4.90 Å². The lowest BCUT2D eigenvalue weighted by Crippen LogP contribution is -2.40. The zero-order valence-corrected chi connectivity index (χ0v) is 14.3. The average Bonchev–Trinajstić information content (AvgIpc) is 2.60. The van der Waals surface area contributed by atoms with Gasteiger partial charge < -0.3 is 4.90 Å². The van der Waals surface area contributed by atoms with Gasteiger partial charge in [0.1, 0.15) is 5.78 Å². The molecular weight excluding hydrogens is 338 g/mol. The SMILES string of the molecule is CC(=O)CC1CCCCCN1C(=O)c1cc(C)c(Br)s1. The number of halogens is 1. The second kappa shape index (κ2) is 6.85. The number of carbonyl (C=O) groups excluding carboxylic acids is 2. The monoisotopic (exact) mass is 357 g/mol. The summed E-state index contributed by atoms with van der Waals surface area (Å²) in [5, 5.41) is 0. The molecule has 20 heavy (non-hydrogen) atoms. The zero-order valence-electron chi connectivity index (χ0n) is 11.9. The number of Topliss-reactive ketones (excluding diaryl/α,β-unsaturated/α-hetero) is 1. The number of amides is 1. The fraction of sp³-hybridized carbons (Fsp3) is 0.600. The number of carbonyl (C=O) groups is 2. The Morgan fingerprint density at radius 3 is 2.75 bits per heavy atom. The van der Waals surface area contributed by atoms with Gasteiger partial charge in [0.15, 0.2) is 0 Å². The second-order valence-corrected chi connectivity index (χ2v) is 7.85. The van der Waals surface area contributed by atoms with Gasteiger partial charge in [0.25, 0.3) is 5.91 Å². The van der Waals surface area contributed by atoms with Crippen molar-refractivity contribution in [3.05, 3.63) is 20.3 Å². The lowest BCUT2D eigenvalue weighted by atomic mass is 10.0. The first-order valence-electron chi connectivity index (χ1n) is 7.05. The molecule has 1 saturated heterocycles. The van der Waals surface area contributed by atoms with Crippen LogP contribution in [0.2, 0.25) is 0 Å². The third-order valence-electron chi connectivity index (χ3n) is 3.73. The maximum atomic E-state index is 12.7. The highest BCUT2D eigenvalue weighted by molar-refractivity contribution is 9.11. The summed E-state index contributed by atoms with van der Waals surface area (Å²) < 4.78 is 1.01. The highest BCUT2D eigenvalue weighted by Crippen LogP contribution is 2.30. The van der Waals surface area contributed by atoms with Crippen molar-refractivity contribution in [3.8, 4) is 0 Å². The summed E-state index contributed by atoms with van der Waals surface area (Å²) in [5.41, 5.74) is 1.09. The Hall–Kier alpha value is -0.680. The number of hydrogen-bond acceptors (Lipinski definition) is 3. The van der Waals surface area contributed by atoms with Crippen LogP contribution in [-0.2, 0) is 4.79 Å². The van der Waals surface area contributed by atoms with Gasteiger partial charge in [-0.15, -0.1) is 11.3 Å². The fourth-order valence-electron chi connectivity index (χ4n) is 2.70. The van der Waals surface area contributed by atoms with E-state index in [-0.39, 0.29) is 17.7 Å². The van der Waals surface area contributed by atoms with E-state index in [2.05, 4.69) is 15.9 Å². The van der Waals surface area contributed by atoms with Crippen LogP contribution >= 0.6 is 27.3 Å². The molecule has 1 aliphatic rings. The Morgan fingerprint density at radius 2 is 2.15 bits per heavy atom. The van der Waals surface area contributed by atoms with E-state index in [1.807, 2.05) is 17.9 Å². The van der Waals surface area contributed by atoms with Crippen LogP contribution in [0.4, 0.5) is 0 Å². The van der Waals surface area contributed by atoms with Crippen LogP contribution < -0.4 is 0 Å². The molecule has 1 amide bonds. The molecule has 5 heteroatoms. The molecule has 1 atom stereocenters. The van der Waals surface area contributed by atoms with Gasteiger partial charge in [0.05, 0.1) is 8.66 Å². The smallest absolute Gasteiger partial charge is 0.264 e. The molecule has 1 aliphatic heterocycles. The van der Waals surface area contributed by atoms with E-state index >= 15 is 0 Å². The molecule has 1 unspecified atom stereocenters. The molecular formula is C15H20BrNO2S. The van der Waals surface area contributed by atoms with Gasteiger partial charge in [-0.1, -0.05) is 12.8 Å². The van der Waals surface area contributed by atoms with E-state index in [0.717, 1.165) is 46.5 Å². The summed E-state index contributed by atoms with van der Waals surface area (Å²) in [7, 11) is 0. The summed E-state index contributed by atoms with van der Waals surface area (Å²) in [5.74, 6) is 0.246. The molecule has 1 aromatic heterocycles. The maximum Gasteiger partial charge on any atom is 0.264 e. The summed E-state index contributed by atoms with van der Waals surface area (Å²) in [4.78, 5) is 26.8. The number of aryl methyl sites for hydroxylation is 1. The van der Waals surface area contributed by atoms with E-state index in [0.29, 0.717) is 6.42 Å². The number of thiophene rings is 1. The van der Waals surface area contributed by atoms with Crippen LogP contribution in [0.15, 0.2) is 9.85 Å². The number of ketones is 1. The molecule has 2 heterocycles. The summed E-state index contributed by atoms with van der Waals surface area (Å²) in [6.07, 6.45) is 4.71. The predicted octanol–water partition coefficient (Wildman–Crippen LogP) is 4.18. The van der Waals surface area contributed by atoms with Gasteiger partial charge in [-0.05, 0) is 54.2 Å². The van der Waals surface area contributed by atoms with Crippen molar-refractivity contribution in [1.29, 1.82) is 0 Å². The number of rotatable bonds is 3. The van der Waals surface area contributed by atoms with Gasteiger partial charge in [0, 0.05) is 19.0 Å². The van der Waals surface area contributed by atoms with Crippen molar-refractivity contribution >= 4 is 39.0 Å². The van der Waals surface area contributed by atoms with E-state index in [9.17, 15) is 9.59 Å². The average molecular weight is 358 g/mol. The van der Waals surface area contributed by atoms with Crippen LogP contribution in [0, 0.1) is 6.92 Å². The maximum absolute atomic E-state index is 12.7. The summed E-state index contributed by atoms with van der Waals surface area (Å²) in [6.45, 7) is 4.37. The Morgan fingerprint density at radius 1 is 1.40 bits per heavy atom. The van der Waals surface area contributed by atoms with Gasteiger partial charge in [-0.2, -0.15) is 0 Å². The zero-order chi connectivity index (χ0) is 14.7. The standard InChI is InChI=1S/C15H20BrNO2S/c1-10-8-13(20-14(10)16)15(19)17-7-5-3-4-6-12(17)9-11(2)18/h8,12H,3-7,9H2,1-2H3. The molecule has 0 N–H and O–H groups in total. The number of hydrogen-bond donors (Lipinski definition) is 0. The molecule has 0 saturated carbocycles. The molecule has 3 nitrogen and oxygen atoms in total. The minimum Gasteiger partial charge on any atom is -0.335 e. The molecule has 1 aromatic rings. The largest absolute Gasteiger partial charge is 0.335 e. The Balaban J connectivity index is 2.20. The van der Waals surface area contributed by atoms with Gasteiger partial charge in [0.2, 0.25) is 0 Å². The van der Waals surface area contributed by atoms with Crippen LogP contribution in [-0.4, -0.2) is 29.2 Å². The topological polar surface area (TPSA) is 37.4 Å². The van der Waals surface area contributed by atoms with Crippen molar-refractivity contribution in [3.63, 3.8) is 0 Å². The number of likely N-dealkylation sites (tertiary alicyclic amines) is 1. The summed E-state index contributed by atoms with van der Waals surface area (Å²) >= 11 is 4.96. The summed E-state index contributed by atoms with van der Waals surface area (Å²) in [6, 6.07) is 2.01. The van der Waals surface area contributed by atoms with E-state index < -0.39 is 0 Å². The van der Waals surface area contributed by atoms with Crippen LogP contribution in [0.5, 0.6) is 0 Å². The minimum absolute atomic E-state index is 0.0729. The normalized spacial score (nSPS) is 19.8. The van der Waals surface area contributed by atoms with Crippen molar-refractivity contribution in [2.75, 3.05) is 6.54 Å². The molecule has 0 aliphatic carbocycles. The molecule has 0 radical (unpaired) electrons. The van der Waals surface area contributed by atoms with E-state index in [1.165, 1.54) is 11.3 Å². The lowest BCUT2D eigenvalue weighted by Gasteiger charge is -2.29. The van der Waals surface area contributed by atoms with E-state index in [1.54, 1.807) is 6.92 Å². The van der Waals surface area contributed by atoms with E-state index in [4.69, 9.17) is 0 Å². The van der Waals surface area contributed by atoms with Crippen molar-refractivity contribution < 1.29 is 9.59 Å². The minimum atomic E-state index is 0.0729. The molecule has 0 bridgehead atoms. The highest BCUT2D eigenvalue weighted by atomic mass is 79.9. The third-order valence-corrected chi connectivity index (χ3v) is 5.85. The molecule has 110 valence electrons. The van der Waals surface area contributed by atoms with Crippen molar-refractivity contribution in [2.45, 2.75) is 52.0 Å². The highest BCUT2D eigenvalue weighted by Gasteiger charge is 2.28. The second-order valence-electron chi connectivity index (χ2n) is 5.48. The van der Waals surface area contributed by atoms with Crippen molar-refractivity contribution in [2.24, 2.45) is 0 Å². The van der Waals surface area contributed by atoms with Crippen LogP contribution in [0.25, 0.3) is 0 Å².